The summed E-state index contributed by atoms with van der Waals surface area (Å²) in [5, 5.41) is 11.1. The molecule has 0 aromatic heterocycles. The Morgan fingerprint density at radius 3 is 1.60 bits per heavy atom. The molecule has 0 aliphatic heterocycles. The lowest BCUT2D eigenvalue weighted by atomic mass is 9.67. The lowest BCUT2D eigenvalue weighted by molar-refractivity contribution is -0.122. The van der Waals surface area contributed by atoms with Gasteiger partial charge in [0, 0.05) is 37.9 Å². The number of rotatable bonds is 7. The highest BCUT2D eigenvalue weighted by Crippen LogP contribution is 2.50. The predicted octanol–water partition coefficient (Wildman–Crippen LogP) is 7.05. The molecule has 6 aliphatic rings. The van der Waals surface area contributed by atoms with E-state index in [2.05, 4.69) is 0 Å². The Kier molecular flexibility index (Phi) is 9.54. The van der Waals surface area contributed by atoms with Crippen molar-refractivity contribution >= 4 is 17.3 Å². The van der Waals surface area contributed by atoms with Gasteiger partial charge in [0.05, 0.1) is 23.4 Å². The molecule has 0 saturated heterocycles. The lowest BCUT2D eigenvalue weighted by Gasteiger charge is -2.39. The van der Waals surface area contributed by atoms with Crippen LogP contribution < -0.4 is 0 Å². The van der Waals surface area contributed by atoms with Gasteiger partial charge in [0.1, 0.15) is 5.76 Å². The number of carbonyl (C=O) groups excluding carboxylic acids is 3. The molecule has 0 amide bonds. The number of hydrogen-bond acceptors (Lipinski definition) is 6. The highest BCUT2D eigenvalue weighted by Gasteiger charge is 2.49. The van der Waals surface area contributed by atoms with Crippen molar-refractivity contribution in [3.05, 3.63) is 47.3 Å². The fraction of sp³-hybridized carbons (Fsp3) is 0.703. The quantitative estimate of drug-likeness (QED) is 0.194. The summed E-state index contributed by atoms with van der Waals surface area (Å²) in [6, 6.07) is 0. The van der Waals surface area contributed by atoms with Crippen molar-refractivity contribution in [2.24, 2.45) is 47.3 Å². The maximum atomic E-state index is 13.3. The van der Waals surface area contributed by atoms with Crippen LogP contribution in [-0.4, -0.2) is 48.9 Å². The molecule has 43 heavy (non-hydrogen) atoms. The predicted molar refractivity (Wildman–Crippen MR) is 165 cm³/mol. The molecular formula is C37H50O6. The summed E-state index contributed by atoms with van der Waals surface area (Å²) in [5.41, 5.74) is 0.764. The number of carbonyl (C=O) groups is 3. The smallest absolute Gasteiger partial charge is 0.170 e. The van der Waals surface area contributed by atoms with Crippen molar-refractivity contribution in [2.45, 2.75) is 102 Å². The van der Waals surface area contributed by atoms with Crippen molar-refractivity contribution in [3.63, 3.8) is 0 Å². The molecule has 1 N–H and O–H groups in total. The molecule has 0 heterocycles. The largest absolute Gasteiger partial charge is 0.511 e. The van der Waals surface area contributed by atoms with E-state index in [4.69, 9.17) is 9.47 Å². The Hall–Kier alpha value is -2.31. The first-order valence-corrected chi connectivity index (χ1v) is 17.1. The fourth-order valence-electron chi connectivity index (χ4n) is 9.82. The number of allylic oxidation sites excluding steroid dienone is 8. The highest BCUT2D eigenvalue weighted by atomic mass is 16.5. The molecule has 0 radical (unpaired) electrons. The van der Waals surface area contributed by atoms with Gasteiger partial charge in [-0.25, -0.2) is 0 Å². The number of fused-ring (bicyclic) bond motifs is 2. The molecule has 5 fully saturated rings. The van der Waals surface area contributed by atoms with E-state index in [1.165, 1.54) is 12.8 Å². The Bertz CT molecular complexity index is 1190. The Morgan fingerprint density at radius 1 is 0.558 bits per heavy atom. The summed E-state index contributed by atoms with van der Waals surface area (Å²) in [6.45, 7) is 0. The Balaban J connectivity index is 1.04. The van der Waals surface area contributed by atoms with Gasteiger partial charge in [-0.05, 0) is 126 Å². The number of aliphatic hydroxyl groups excluding tert-OH is 1. The minimum Gasteiger partial charge on any atom is -0.511 e. The van der Waals surface area contributed by atoms with Gasteiger partial charge in [0.2, 0.25) is 0 Å². The first kappa shape index (κ1) is 30.7. The van der Waals surface area contributed by atoms with Gasteiger partial charge < -0.3 is 14.6 Å². The molecule has 0 spiro atoms. The van der Waals surface area contributed by atoms with Gasteiger partial charge in [-0.15, -0.1) is 0 Å². The van der Waals surface area contributed by atoms with E-state index < -0.39 is 0 Å². The van der Waals surface area contributed by atoms with Crippen LogP contribution in [0.15, 0.2) is 47.3 Å². The van der Waals surface area contributed by atoms with Crippen LogP contribution in [0.5, 0.6) is 0 Å². The molecule has 0 aromatic carbocycles. The summed E-state index contributed by atoms with van der Waals surface area (Å²) < 4.78 is 11.1. The summed E-state index contributed by atoms with van der Waals surface area (Å²) in [5.74, 6) is 2.24. The normalized spacial score (nSPS) is 41.5. The first-order chi connectivity index (χ1) is 20.9. The van der Waals surface area contributed by atoms with Gasteiger partial charge >= 0.3 is 0 Å². The second-order valence-electron chi connectivity index (χ2n) is 14.3. The zero-order valence-electron chi connectivity index (χ0n) is 26.0. The number of methoxy groups -OCH3 is 2. The van der Waals surface area contributed by atoms with Crippen molar-refractivity contribution in [3.8, 4) is 0 Å². The van der Waals surface area contributed by atoms with Gasteiger partial charge in [-0.3, -0.25) is 14.4 Å². The molecule has 6 atom stereocenters. The second kappa shape index (κ2) is 13.4. The molecule has 6 heteroatoms. The number of ether oxygens (including phenoxy) is 2. The van der Waals surface area contributed by atoms with Gasteiger partial charge in [-0.1, -0.05) is 18.2 Å². The molecule has 6 rings (SSSR count). The zero-order valence-corrected chi connectivity index (χ0v) is 26.0. The topological polar surface area (TPSA) is 89.9 Å². The average molecular weight is 591 g/mol. The summed E-state index contributed by atoms with van der Waals surface area (Å²) in [7, 11) is 3.59. The van der Waals surface area contributed by atoms with E-state index in [1.54, 1.807) is 44.6 Å². The van der Waals surface area contributed by atoms with Crippen molar-refractivity contribution in [1.29, 1.82) is 0 Å². The lowest BCUT2D eigenvalue weighted by Crippen LogP contribution is -2.33. The van der Waals surface area contributed by atoms with Crippen LogP contribution in [-0.2, 0) is 23.9 Å². The third-order valence-electron chi connectivity index (χ3n) is 12.4. The summed E-state index contributed by atoms with van der Waals surface area (Å²) in [6.07, 6.45) is 24.0. The van der Waals surface area contributed by atoms with Crippen molar-refractivity contribution < 1.29 is 29.0 Å². The van der Waals surface area contributed by atoms with Gasteiger partial charge in [-0.2, -0.15) is 0 Å². The maximum absolute atomic E-state index is 13.3. The fourth-order valence-corrected chi connectivity index (χ4v) is 9.82. The van der Waals surface area contributed by atoms with E-state index in [0.717, 1.165) is 77.0 Å². The standard InChI is InChI=1S/C37H50O6/c1-42-26-14-8-22(9-15-26)24-12-18-28-32(20-24)36(40)30(34(28)38)6-4-3-5-7-31-35(39)29-19-13-25(21-33(29)37(31)41)23-10-16-27(43-2)17-11-23/h3-7,22-29,32-33,40H,8-21H2,1-2H3. The first-order valence-electron chi connectivity index (χ1n) is 17.1. The van der Waals surface area contributed by atoms with Gasteiger partial charge in [0.25, 0.3) is 0 Å². The number of Topliss-reactive ketones (excluding diaryl/α,β-unsaturated/α-hetero) is 3. The molecular weight excluding hydrogens is 540 g/mol. The van der Waals surface area contributed by atoms with E-state index in [1.807, 2.05) is 0 Å². The zero-order chi connectivity index (χ0) is 30.1. The minimum absolute atomic E-state index is 0.00540. The maximum Gasteiger partial charge on any atom is 0.170 e. The average Bonchev–Trinajstić information content (AvgIpc) is 3.43. The van der Waals surface area contributed by atoms with Crippen LogP contribution in [0.1, 0.15) is 89.9 Å². The van der Waals surface area contributed by atoms with Crippen LogP contribution >= 0.6 is 0 Å². The summed E-state index contributed by atoms with van der Waals surface area (Å²) in [4.78, 5) is 39.6. The van der Waals surface area contributed by atoms with E-state index in [-0.39, 0.29) is 46.8 Å². The molecule has 0 bridgehead atoms. The number of ketones is 3. The molecule has 6 unspecified atom stereocenters. The van der Waals surface area contributed by atoms with E-state index in [9.17, 15) is 19.5 Å². The number of hydrogen-bond donors (Lipinski definition) is 1. The summed E-state index contributed by atoms with van der Waals surface area (Å²) >= 11 is 0. The molecule has 6 nitrogen and oxygen atoms in total. The highest BCUT2D eigenvalue weighted by molar-refractivity contribution is 6.27. The Labute approximate surface area is 257 Å². The third-order valence-corrected chi connectivity index (χ3v) is 12.4. The Morgan fingerprint density at radius 2 is 1.05 bits per heavy atom. The number of aliphatic hydroxyl groups is 1. The van der Waals surface area contributed by atoms with Gasteiger partial charge in [0.15, 0.2) is 17.3 Å². The monoisotopic (exact) mass is 590 g/mol. The van der Waals surface area contributed by atoms with E-state index in [0.29, 0.717) is 47.0 Å². The second-order valence-corrected chi connectivity index (χ2v) is 14.3. The van der Waals surface area contributed by atoms with Crippen LogP contribution in [0.4, 0.5) is 0 Å². The molecule has 0 aromatic rings. The van der Waals surface area contributed by atoms with Crippen LogP contribution in [0.3, 0.4) is 0 Å². The molecule has 234 valence electrons. The van der Waals surface area contributed by atoms with Crippen molar-refractivity contribution in [1.82, 2.24) is 0 Å². The van der Waals surface area contributed by atoms with Crippen LogP contribution in [0.25, 0.3) is 0 Å². The van der Waals surface area contributed by atoms with Crippen LogP contribution in [0, 0.1) is 47.3 Å². The van der Waals surface area contributed by atoms with Crippen molar-refractivity contribution in [2.75, 3.05) is 14.2 Å². The van der Waals surface area contributed by atoms with E-state index >= 15 is 0 Å². The minimum atomic E-state index is -0.165. The third kappa shape index (κ3) is 6.16. The SMILES string of the molecule is COC1CCC(C2CCC3C(=O)C(=CC=CC=CC4=C(O)C5CC(C6CCC(OC)CC6)CCC5C4=O)C(=O)C3C2)CC1. The molecule has 6 aliphatic carbocycles. The molecule has 5 saturated carbocycles. The van der Waals surface area contributed by atoms with Crippen LogP contribution in [0.2, 0.25) is 0 Å².